The molecule has 0 bridgehead atoms. The average molecular weight is 368 g/mol. The van der Waals surface area contributed by atoms with Gasteiger partial charge in [-0.25, -0.2) is 8.42 Å². The third-order valence-corrected chi connectivity index (χ3v) is 7.82. The first kappa shape index (κ1) is 15.0. The minimum atomic E-state index is -3.47. The highest BCUT2D eigenvalue weighted by Crippen LogP contribution is 2.36. The van der Waals surface area contributed by atoms with Gasteiger partial charge in [0, 0.05) is 13.1 Å². The fourth-order valence-corrected chi connectivity index (χ4v) is 5.80. The van der Waals surface area contributed by atoms with Crippen LogP contribution in [0.1, 0.15) is 12.5 Å². The zero-order valence-electron chi connectivity index (χ0n) is 10.5. The van der Waals surface area contributed by atoms with Crippen molar-refractivity contribution in [3.05, 3.63) is 15.4 Å². The summed E-state index contributed by atoms with van der Waals surface area (Å²) in [5, 5.41) is 8.89. The standard InChI is InChI=1S/C11H14BrNO4S2/c1-6-3-9(18-10(6)12)19(16,17)13-4-8(5-13)7(2)11(14)15/h3,7-8H,4-5H2,1-2H3,(H,14,15). The molecule has 19 heavy (non-hydrogen) atoms. The maximum atomic E-state index is 12.3. The summed E-state index contributed by atoms with van der Waals surface area (Å²) in [6.07, 6.45) is 0. The monoisotopic (exact) mass is 367 g/mol. The van der Waals surface area contributed by atoms with Gasteiger partial charge in [0.25, 0.3) is 10.0 Å². The first-order valence-electron chi connectivity index (χ1n) is 5.72. The van der Waals surface area contributed by atoms with E-state index >= 15 is 0 Å². The Hall–Kier alpha value is -0.440. The van der Waals surface area contributed by atoms with Crippen LogP contribution in [0.25, 0.3) is 0 Å². The van der Waals surface area contributed by atoms with Crippen molar-refractivity contribution in [1.29, 1.82) is 0 Å². The number of rotatable bonds is 4. The first-order chi connectivity index (χ1) is 8.73. The highest BCUT2D eigenvalue weighted by Gasteiger charge is 2.41. The third kappa shape index (κ3) is 2.72. The van der Waals surface area contributed by atoms with E-state index in [0.717, 1.165) is 9.35 Å². The van der Waals surface area contributed by atoms with Gasteiger partial charge in [0.05, 0.1) is 9.70 Å². The van der Waals surface area contributed by atoms with E-state index in [2.05, 4.69) is 15.9 Å². The molecule has 1 aliphatic heterocycles. The van der Waals surface area contributed by atoms with Gasteiger partial charge in [-0.3, -0.25) is 4.79 Å². The maximum Gasteiger partial charge on any atom is 0.306 e. The molecule has 8 heteroatoms. The molecule has 1 N–H and O–H groups in total. The Bertz CT molecular complexity index is 585. The molecular weight excluding hydrogens is 354 g/mol. The SMILES string of the molecule is Cc1cc(S(=O)(=O)N2CC(C(C)C(=O)O)C2)sc1Br. The van der Waals surface area contributed by atoms with Crippen LogP contribution in [-0.2, 0) is 14.8 Å². The number of carboxylic acid groups (broad SMARTS) is 1. The van der Waals surface area contributed by atoms with E-state index in [9.17, 15) is 13.2 Å². The Morgan fingerprint density at radius 3 is 2.58 bits per heavy atom. The van der Waals surface area contributed by atoms with Crippen molar-refractivity contribution >= 4 is 43.3 Å². The summed E-state index contributed by atoms with van der Waals surface area (Å²) in [6.45, 7) is 4.02. The van der Waals surface area contributed by atoms with Crippen LogP contribution in [0, 0.1) is 18.8 Å². The number of thiophene rings is 1. The van der Waals surface area contributed by atoms with E-state index < -0.39 is 21.9 Å². The van der Waals surface area contributed by atoms with Crippen LogP contribution in [0.5, 0.6) is 0 Å². The fraction of sp³-hybridized carbons (Fsp3) is 0.545. The van der Waals surface area contributed by atoms with Gasteiger partial charge in [-0.15, -0.1) is 11.3 Å². The minimum absolute atomic E-state index is 0.100. The number of nitrogens with zero attached hydrogens (tertiary/aromatic N) is 1. The largest absolute Gasteiger partial charge is 0.481 e. The first-order valence-corrected chi connectivity index (χ1v) is 8.77. The van der Waals surface area contributed by atoms with Crippen LogP contribution in [-0.4, -0.2) is 36.9 Å². The number of hydrogen-bond donors (Lipinski definition) is 1. The summed E-state index contributed by atoms with van der Waals surface area (Å²) in [5.41, 5.74) is 0.888. The number of hydrogen-bond acceptors (Lipinski definition) is 4. The molecule has 106 valence electrons. The molecule has 0 spiro atoms. The second kappa shape index (κ2) is 5.16. The number of carboxylic acids is 1. The van der Waals surface area contributed by atoms with E-state index in [1.807, 2.05) is 6.92 Å². The smallest absolute Gasteiger partial charge is 0.306 e. The summed E-state index contributed by atoms with van der Waals surface area (Å²) in [5.74, 6) is -1.49. The molecule has 0 aromatic carbocycles. The van der Waals surface area contributed by atoms with Crippen molar-refractivity contribution in [2.75, 3.05) is 13.1 Å². The molecule has 2 rings (SSSR count). The summed E-state index contributed by atoms with van der Waals surface area (Å²) >= 11 is 4.50. The minimum Gasteiger partial charge on any atom is -0.481 e. The predicted molar refractivity (Wildman–Crippen MR) is 75.8 cm³/mol. The van der Waals surface area contributed by atoms with E-state index in [-0.39, 0.29) is 19.0 Å². The summed E-state index contributed by atoms with van der Waals surface area (Å²) < 4.78 is 27.0. The van der Waals surface area contributed by atoms with Gasteiger partial charge >= 0.3 is 5.97 Å². The molecule has 0 radical (unpaired) electrons. The second-order valence-electron chi connectivity index (χ2n) is 4.73. The van der Waals surface area contributed by atoms with E-state index in [0.29, 0.717) is 4.21 Å². The molecule has 5 nitrogen and oxygen atoms in total. The second-order valence-corrected chi connectivity index (χ2v) is 9.27. The lowest BCUT2D eigenvalue weighted by atomic mass is 9.89. The molecule has 1 atom stereocenters. The zero-order valence-corrected chi connectivity index (χ0v) is 13.7. The molecule has 1 fully saturated rings. The van der Waals surface area contributed by atoms with Crippen LogP contribution >= 0.6 is 27.3 Å². The lowest BCUT2D eigenvalue weighted by Crippen LogP contribution is -2.53. The Labute approximate surface area is 124 Å². The Morgan fingerprint density at radius 2 is 2.16 bits per heavy atom. The van der Waals surface area contributed by atoms with Crippen LogP contribution in [0.15, 0.2) is 14.1 Å². The van der Waals surface area contributed by atoms with Gasteiger partial charge in [-0.2, -0.15) is 4.31 Å². The van der Waals surface area contributed by atoms with Crippen molar-refractivity contribution in [3.63, 3.8) is 0 Å². The normalized spacial score (nSPS) is 19.1. The Balaban J connectivity index is 2.10. The summed E-state index contributed by atoms with van der Waals surface area (Å²) in [7, 11) is -3.47. The number of halogens is 1. The molecule has 0 aliphatic carbocycles. The van der Waals surface area contributed by atoms with Crippen LogP contribution in [0.2, 0.25) is 0 Å². The number of sulfonamides is 1. The number of aryl methyl sites for hydroxylation is 1. The van der Waals surface area contributed by atoms with Crippen molar-refractivity contribution < 1.29 is 18.3 Å². The number of aliphatic carboxylic acids is 1. The van der Waals surface area contributed by atoms with Crippen LogP contribution in [0.4, 0.5) is 0 Å². The average Bonchev–Trinajstić information content (AvgIpc) is 2.57. The predicted octanol–water partition coefficient (Wildman–Crippen LogP) is 2.16. The van der Waals surface area contributed by atoms with Gasteiger partial charge in [0.2, 0.25) is 0 Å². The lowest BCUT2D eigenvalue weighted by molar-refractivity contribution is -0.144. The Kier molecular flexibility index (Phi) is 4.06. The molecule has 2 heterocycles. The van der Waals surface area contributed by atoms with E-state index in [1.165, 1.54) is 15.6 Å². The van der Waals surface area contributed by atoms with Crippen LogP contribution in [0.3, 0.4) is 0 Å². The molecule has 1 saturated heterocycles. The number of carbonyl (C=O) groups is 1. The maximum absolute atomic E-state index is 12.3. The van der Waals surface area contributed by atoms with Gasteiger partial charge < -0.3 is 5.11 Å². The van der Waals surface area contributed by atoms with E-state index in [4.69, 9.17) is 5.11 Å². The van der Waals surface area contributed by atoms with E-state index in [1.54, 1.807) is 13.0 Å². The molecule has 0 amide bonds. The zero-order chi connectivity index (χ0) is 14.4. The topological polar surface area (TPSA) is 74.7 Å². The van der Waals surface area contributed by atoms with Gasteiger partial charge in [0.1, 0.15) is 4.21 Å². The fourth-order valence-electron chi connectivity index (χ4n) is 1.87. The molecule has 0 saturated carbocycles. The summed E-state index contributed by atoms with van der Waals surface area (Å²) in [6, 6.07) is 1.64. The highest BCUT2D eigenvalue weighted by molar-refractivity contribution is 9.11. The molecule has 1 unspecified atom stereocenters. The van der Waals surface area contributed by atoms with Gasteiger partial charge in [-0.05, 0) is 40.4 Å². The van der Waals surface area contributed by atoms with Gasteiger partial charge in [0.15, 0.2) is 0 Å². The van der Waals surface area contributed by atoms with Crippen molar-refractivity contribution in [1.82, 2.24) is 4.31 Å². The molecule has 1 aromatic rings. The van der Waals surface area contributed by atoms with Crippen molar-refractivity contribution in [3.8, 4) is 0 Å². The molecule has 1 aliphatic rings. The third-order valence-electron chi connectivity index (χ3n) is 3.40. The van der Waals surface area contributed by atoms with Crippen molar-refractivity contribution in [2.24, 2.45) is 11.8 Å². The molecule has 1 aromatic heterocycles. The quantitative estimate of drug-likeness (QED) is 0.884. The molecular formula is C11H14BrNO4S2. The lowest BCUT2D eigenvalue weighted by Gasteiger charge is -2.39. The summed E-state index contributed by atoms with van der Waals surface area (Å²) in [4.78, 5) is 10.8. The van der Waals surface area contributed by atoms with Gasteiger partial charge in [-0.1, -0.05) is 6.92 Å². The van der Waals surface area contributed by atoms with Crippen molar-refractivity contribution in [2.45, 2.75) is 18.1 Å². The Morgan fingerprint density at radius 1 is 1.58 bits per heavy atom. The van der Waals surface area contributed by atoms with Crippen LogP contribution < -0.4 is 0 Å². The highest BCUT2D eigenvalue weighted by atomic mass is 79.9.